The van der Waals surface area contributed by atoms with E-state index in [1.807, 2.05) is 0 Å². The second-order valence-corrected chi connectivity index (χ2v) is 3.74. The van der Waals surface area contributed by atoms with Crippen molar-refractivity contribution in [2.75, 3.05) is 0 Å². The Kier molecular flexibility index (Phi) is 4.28. The summed E-state index contributed by atoms with van der Waals surface area (Å²) in [4.78, 5) is 21.5. The van der Waals surface area contributed by atoms with E-state index >= 15 is 0 Å². The lowest BCUT2D eigenvalue weighted by Crippen LogP contribution is -2.33. The Hall–Kier alpha value is -1.93. The summed E-state index contributed by atoms with van der Waals surface area (Å²) in [6, 6.07) is 3.66. The highest BCUT2D eigenvalue weighted by molar-refractivity contribution is 6.00. The van der Waals surface area contributed by atoms with E-state index in [0.717, 1.165) is 24.3 Å². The van der Waals surface area contributed by atoms with Crippen LogP contribution in [0.2, 0.25) is 0 Å². The third kappa shape index (κ3) is 3.52. The molecule has 2 atom stereocenters. The molecule has 1 aromatic carbocycles. The number of aliphatic hydroxyl groups excluding tert-OH is 2. The molecule has 104 valence electrons. The van der Waals surface area contributed by atoms with Gasteiger partial charge in [-0.1, -0.05) is 24.3 Å². The molecular weight excluding hydrogens is 267 g/mol. The average Bonchev–Trinajstić information content (AvgIpc) is 2.35. The normalized spacial score (nSPS) is 14.8. The number of benzene rings is 1. The molecule has 2 unspecified atom stereocenters. The summed E-state index contributed by atoms with van der Waals surface area (Å²) < 4.78 is 36.4. The van der Waals surface area contributed by atoms with Crippen molar-refractivity contribution in [3.8, 4) is 0 Å². The summed E-state index contributed by atoms with van der Waals surface area (Å²) >= 11 is 0. The largest absolute Gasteiger partial charge is 0.454 e. The number of Topliss-reactive ketones (excluding diaryl/α,β-unsaturated/α-hetero) is 1. The van der Waals surface area contributed by atoms with Crippen LogP contribution in [0.25, 0.3) is 0 Å². The van der Waals surface area contributed by atoms with Gasteiger partial charge in [0.1, 0.15) is 6.10 Å². The zero-order chi connectivity index (χ0) is 14.8. The molecule has 0 saturated carbocycles. The lowest BCUT2D eigenvalue weighted by Gasteiger charge is -2.15. The van der Waals surface area contributed by atoms with Gasteiger partial charge in [0, 0.05) is 5.56 Å². The summed E-state index contributed by atoms with van der Waals surface area (Å²) in [6.45, 7) is 0. The van der Waals surface area contributed by atoms with E-state index in [2.05, 4.69) is 0 Å². The zero-order valence-corrected chi connectivity index (χ0v) is 9.39. The first-order valence-electron chi connectivity index (χ1n) is 5.01. The van der Waals surface area contributed by atoms with E-state index in [-0.39, 0.29) is 5.56 Å². The molecule has 0 aromatic heterocycles. The Morgan fingerprint density at radius 2 is 1.58 bits per heavy atom. The van der Waals surface area contributed by atoms with Crippen molar-refractivity contribution in [3.05, 3.63) is 35.4 Å². The van der Waals surface area contributed by atoms with Gasteiger partial charge < -0.3 is 15.9 Å². The van der Waals surface area contributed by atoms with Crippen molar-refractivity contribution in [3.63, 3.8) is 0 Å². The molecule has 4 N–H and O–H groups in total. The highest BCUT2D eigenvalue weighted by Gasteiger charge is 2.39. The summed E-state index contributed by atoms with van der Waals surface area (Å²) in [5.41, 5.74) is 4.11. The first-order valence-corrected chi connectivity index (χ1v) is 5.01. The fourth-order valence-electron chi connectivity index (χ4n) is 1.33. The molecule has 0 heterocycles. The Balaban J connectivity index is 2.94. The minimum Gasteiger partial charge on any atom is -0.385 e. The molecule has 0 aliphatic rings. The molecule has 0 fully saturated rings. The van der Waals surface area contributed by atoms with Crippen molar-refractivity contribution in [2.24, 2.45) is 5.73 Å². The third-order valence-corrected chi connectivity index (χ3v) is 2.36. The van der Waals surface area contributed by atoms with E-state index in [1.165, 1.54) is 0 Å². The number of carbonyl (C=O) groups excluding carboxylic acids is 2. The van der Waals surface area contributed by atoms with Gasteiger partial charge in [0.25, 0.3) is 5.78 Å². The average molecular weight is 277 g/mol. The van der Waals surface area contributed by atoms with Crippen LogP contribution in [0.5, 0.6) is 0 Å². The van der Waals surface area contributed by atoms with E-state index in [0.29, 0.717) is 0 Å². The predicted octanol–water partition coefficient (Wildman–Crippen LogP) is 0.311. The van der Waals surface area contributed by atoms with E-state index in [1.54, 1.807) is 0 Å². The maximum atomic E-state index is 12.1. The number of primary amides is 1. The van der Waals surface area contributed by atoms with Gasteiger partial charge >= 0.3 is 6.18 Å². The number of hydrogen-bond acceptors (Lipinski definition) is 4. The number of amides is 1. The second kappa shape index (κ2) is 5.37. The van der Waals surface area contributed by atoms with Gasteiger partial charge in [0.15, 0.2) is 6.10 Å². The lowest BCUT2D eigenvalue weighted by molar-refractivity contribution is -0.131. The maximum Gasteiger partial charge on any atom is 0.454 e. The molecule has 0 aliphatic carbocycles. The van der Waals surface area contributed by atoms with Crippen LogP contribution >= 0.6 is 0 Å². The summed E-state index contributed by atoms with van der Waals surface area (Å²) in [5.74, 6) is -3.20. The number of hydrogen-bond donors (Lipinski definition) is 3. The first-order chi connectivity index (χ1) is 8.64. The Labute approximate surface area is 105 Å². The van der Waals surface area contributed by atoms with Gasteiger partial charge in [-0.3, -0.25) is 9.59 Å². The van der Waals surface area contributed by atoms with Gasteiger partial charge in [0.05, 0.1) is 0 Å². The summed E-state index contributed by atoms with van der Waals surface area (Å²) in [7, 11) is 0. The van der Waals surface area contributed by atoms with Crippen molar-refractivity contribution in [2.45, 2.75) is 18.4 Å². The van der Waals surface area contributed by atoms with Crippen LogP contribution in [0, 0.1) is 0 Å². The number of halogens is 3. The highest BCUT2D eigenvalue weighted by atomic mass is 19.4. The quantitative estimate of drug-likeness (QED) is 0.689. The smallest absolute Gasteiger partial charge is 0.385 e. The van der Waals surface area contributed by atoms with Crippen LogP contribution in [-0.4, -0.2) is 34.2 Å². The monoisotopic (exact) mass is 277 g/mol. The highest BCUT2D eigenvalue weighted by Crippen LogP contribution is 2.23. The van der Waals surface area contributed by atoms with Crippen LogP contribution in [-0.2, 0) is 4.79 Å². The van der Waals surface area contributed by atoms with Gasteiger partial charge in [-0.25, -0.2) is 0 Å². The van der Waals surface area contributed by atoms with E-state index < -0.39 is 35.6 Å². The molecule has 8 heteroatoms. The molecule has 0 radical (unpaired) electrons. The van der Waals surface area contributed by atoms with Crippen molar-refractivity contribution in [1.82, 2.24) is 0 Å². The fraction of sp³-hybridized carbons (Fsp3) is 0.273. The molecular formula is C11H10F3NO4. The number of aliphatic hydroxyl groups is 2. The second-order valence-electron chi connectivity index (χ2n) is 3.74. The number of nitrogens with two attached hydrogens (primary N) is 1. The Morgan fingerprint density at radius 3 is 1.95 bits per heavy atom. The van der Waals surface area contributed by atoms with E-state index in [9.17, 15) is 33.0 Å². The van der Waals surface area contributed by atoms with E-state index in [4.69, 9.17) is 5.73 Å². The molecule has 1 rings (SSSR count). The van der Waals surface area contributed by atoms with Gasteiger partial charge in [-0.2, -0.15) is 13.2 Å². The summed E-state index contributed by atoms with van der Waals surface area (Å²) in [5, 5.41) is 18.7. The van der Waals surface area contributed by atoms with Gasteiger partial charge in [-0.15, -0.1) is 0 Å². The first kappa shape index (κ1) is 15.1. The maximum absolute atomic E-state index is 12.1. The molecule has 1 amide bonds. The van der Waals surface area contributed by atoms with Crippen LogP contribution in [0.3, 0.4) is 0 Å². The number of rotatable bonds is 4. The summed E-state index contributed by atoms with van der Waals surface area (Å²) in [6.07, 6.45) is -8.55. The van der Waals surface area contributed by atoms with Crippen molar-refractivity contribution < 1.29 is 33.0 Å². The predicted molar refractivity (Wildman–Crippen MR) is 57.0 cm³/mol. The van der Waals surface area contributed by atoms with Crippen LogP contribution in [0.4, 0.5) is 13.2 Å². The third-order valence-electron chi connectivity index (χ3n) is 2.36. The number of ketones is 1. The molecule has 0 aliphatic heterocycles. The SMILES string of the molecule is NC(=O)C(O)C(O)c1ccc(C(=O)C(F)(F)F)cc1. The van der Waals surface area contributed by atoms with Crippen molar-refractivity contribution >= 4 is 11.7 Å². The topological polar surface area (TPSA) is 101 Å². The Bertz CT molecular complexity index is 484. The van der Waals surface area contributed by atoms with Crippen LogP contribution < -0.4 is 5.73 Å². The lowest BCUT2D eigenvalue weighted by atomic mass is 10.0. The molecule has 1 aromatic rings. The Morgan fingerprint density at radius 1 is 1.11 bits per heavy atom. The minimum absolute atomic E-state index is 0.0370. The molecule has 5 nitrogen and oxygen atoms in total. The minimum atomic E-state index is -4.99. The molecule has 0 spiro atoms. The molecule has 0 bridgehead atoms. The molecule has 19 heavy (non-hydrogen) atoms. The van der Waals surface area contributed by atoms with Crippen LogP contribution in [0.1, 0.15) is 22.0 Å². The zero-order valence-electron chi connectivity index (χ0n) is 9.39. The van der Waals surface area contributed by atoms with Gasteiger partial charge in [0.2, 0.25) is 5.91 Å². The fourth-order valence-corrected chi connectivity index (χ4v) is 1.33. The molecule has 0 saturated heterocycles. The number of alkyl halides is 3. The van der Waals surface area contributed by atoms with Crippen LogP contribution in [0.15, 0.2) is 24.3 Å². The van der Waals surface area contributed by atoms with Crippen molar-refractivity contribution in [1.29, 1.82) is 0 Å². The standard InChI is InChI=1S/C11H10F3NO4/c12-11(13,14)9(18)6-3-1-5(2-4-6)7(16)8(17)10(15)19/h1-4,7-8,16-17H,(H2,15,19). The number of carbonyl (C=O) groups is 2. The van der Waals surface area contributed by atoms with Gasteiger partial charge in [-0.05, 0) is 5.56 Å².